The molecule has 3 aromatic carbocycles. The van der Waals surface area contributed by atoms with Crippen molar-refractivity contribution in [3.8, 4) is 0 Å². The van der Waals surface area contributed by atoms with E-state index in [4.69, 9.17) is 0 Å². The molecule has 0 bridgehead atoms. The van der Waals surface area contributed by atoms with Crippen molar-refractivity contribution in [3.63, 3.8) is 0 Å². The van der Waals surface area contributed by atoms with Crippen molar-refractivity contribution in [2.75, 3.05) is 11.8 Å². The Bertz CT molecular complexity index is 1200. The van der Waals surface area contributed by atoms with Crippen LogP contribution in [0.5, 0.6) is 0 Å². The molecule has 3 rings (SSSR count). The standard InChI is InChI=1S/C22H19F3N2O3S/c1-14(15-3-7-17(23)8-4-15)27(2)22(28)16-5-9-18(10-6-16)26-31(29,30)19-11-12-20(24)21(25)13-19/h3-14,26H,1-2H3. The van der Waals surface area contributed by atoms with Gasteiger partial charge in [-0.25, -0.2) is 21.6 Å². The number of halogens is 3. The van der Waals surface area contributed by atoms with Crippen LogP contribution in [0, 0.1) is 17.5 Å². The van der Waals surface area contributed by atoms with Gasteiger partial charge in [0, 0.05) is 18.3 Å². The smallest absolute Gasteiger partial charge is 0.261 e. The highest BCUT2D eigenvalue weighted by Gasteiger charge is 2.20. The van der Waals surface area contributed by atoms with Crippen LogP contribution in [0.1, 0.15) is 28.9 Å². The van der Waals surface area contributed by atoms with E-state index >= 15 is 0 Å². The van der Waals surface area contributed by atoms with Crippen LogP contribution in [-0.2, 0) is 10.0 Å². The summed E-state index contributed by atoms with van der Waals surface area (Å²) in [6, 6.07) is 13.4. The highest BCUT2D eigenvalue weighted by atomic mass is 32.2. The van der Waals surface area contributed by atoms with Gasteiger partial charge in [0.2, 0.25) is 0 Å². The van der Waals surface area contributed by atoms with Gasteiger partial charge in [-0.15, -0.1) is 0 Å². The fourth-order valence-electron chi connectivity index (χ4n) is 2.88. The molecule has 0 aliphatic carbocycles. The summed E-state index contributed by atoms with van der Waals surface area (Å²) in [4.78, 5) is 13.8. The third-order valence-corrected chi connectivity index (χ3v) is 6.22. The molecule has 0 spiro atoms. The van der Waals surface area contributed by atoms with E-state index in [1.165, 1.54) is 41.3 Å². The highest BCUT2D eigenvalue weighted by Crippen LogP contribution is 2.23. The van der Waals surface area contributed by atoms with Crippen molar-refractivity contribution in [3.05, 3.63) is 95.3 Å². The third-order valence-electron chi connectivity index (χ3n) is 4.84. The number of nitrogens with one attached hydrogen (secondary N) is 1. The number of carbonyl (C=O) groups is 1. The lowest BCUT2D eigenvalue weighted by atomic mass is 10.1. The minimum atomic E-state index is -4.14. The Hall–Kier alpha value is -3.33. The molecule has 0 radical (unpaired) electrons. The number of sulfonamides is 1. The summed E-state index contributed by atoms with van der Waals surface area (Å²) in [5.41, 5.74) is 1.22. The lowest BCUT2D eigenvalue weighted by Gasteiger charge is -2.25. The van der Waals surface area contributed by atoms with Gasteiger partial charge < -0.3 is 4.90 Å². The Kier molecular flexibility index (Phi) is 6.35. The number of nitrogens with zero attached hydrogens (tertiary/aromatic N) is 1. The van der Waals surface area contributed by atoms with Crippen molar-refractivity contribution in [2.24, 2.45) is 0 Å². The van der Waals surface area contributed by atoms with E-state index in [1.807, 2.05) is 0 Å². The van der Waals surface area contributed by atoms with Gasteiger partial charge in [-0.3, -0.25) is 9.52 Å². The van der Waals surface area contributed by atoms with Crippen molar-refractivity contribution in [2.45, 2.75) is 17.9 Å². The molecule has 3 aromatic rings. The molecule has 0 aliphatic rings. The third kappa shape index (κ3) is 5.05. The number of benzene rings is 3. The number of carbonyl (C=O) groups excluding carboxylic acids is 1. The lowest BCUT2D eigenvalue weighted by Crippen LogP contribution is -2.29. The van der Waals surface area contributed by atoms with Crippen LogP contribution < -0.4 is 4.72 Å². The Balaban J connectivity index is 1.73. The van der Waals surface area contributed by atoms with Crippen LogP contribution in [0.4, 0.5) is 18.9 Å². The zero-order chi connectivity index (χ0) is 22.8. The summed E-state index contributed by atoms with van der Waals surface area (Å²) in [6.07, 6.45) is 0. The van der Waals surface area contributed by atoms with Gasteiger partial charge in [-0.1, -0.05) is 12.1 Å². The van der Waals surface area contributed by atoms with Crippen LogP contribution >= 0.6 is 0 Å². The fourth-order valence-corrected chi connectivity index (χ4v) is 3.95. The summed E-state index contributed by atoms with van der Waals surface area (Å²) in [6.45, 7) is 1.80. The maximum atomic E-state index is 13.3. The van der Waals surface area contributed by atoms with Gasteiger partial charge in [0.25, 0.3) is 15.9 Å². The van der Waals surface area contributed by atoms with E-state index in [9.17, 15) is 26.4 Å². The van der Waals surface area contributed by atoms with Crippen LogP contribution in [0.25, 0.3) is 0 Å². The monoisotopic (exact) mass is 448 g/mol. The summed E-state index contributed by atoms with van der Waals surface area (Å²) >= 11 is 0. The normalized spacial score (nSPS) is 12.3. The van der Waals surface area contributed by atoms with Gasteiger partial charge in [0.1, 0.15) is 5.82 Å². The Morgan fingerprint density at radius 2 is 1.52 bits per heavy atom. The van der Waals surface area contributed by atoms with Crippen LogP contribution in [-0.4, -0.2) is 26.3 Å². The molecule has 1 unspecified atom stereocenters. The second-order valence-corrected chi connectivity index (χ2v) is 8.58. The first-order valence-corrected chi connectivity index (χ1v) is 10.7. The molecule has 5 nitrogen and oxygen atoms in total. The van der Waals surface area contributed by atoms with Gasteiger partial charge in [0.15, 0.2) is 11.6 Å². The maximum Gasteiger partial charge on any atom is 0.261 e. The summed E-state index contributed by atoms with van der Waals surface area (Å²) in [5, 5.41) is 0. The minimum Gasteiger partial charge on any atom is -0.335 e. The largest absolute Gasteiger partial charge is 0.335 e. The van der Waals surface area contributed by atoms with Gasteiger partial charge in [-0.05, 0) is 67.1 Å². The maximum absolute atomic E-state index is 13.3. The Morgan fingerprint density at radius 1 is 0.903 bits per heavy atom. The molecular weight excluding hydrogens is 429 g/mol. The molecule has 1 amide bonds. The lowest BCUT2D eigenvalue weighted by molar-refractivity contribution is 0.0742. The number of rotatable bonds is 6. The number of amides is 1. The molecule has 0 fully saturated rings. The second-order valence-electron chi connectivity index (χ2n) is 6.90. The van der Waals surface area contributed by atoms with E-state index in [0.717, 1.165) is 17.7 Å². The zero-order valence-corrected chi connectivity index (χ0v) is 17.5. The van der Waals surface area contributed by atoms with E-state index in [1.54, 1.807) is 26.1 Å². The van der Waals surface area contributed by atoms with Crippen LogP contribution in [0.2, 0.25) is 0 Å². The molecule has 31 heavy (non-hydrogen) atoms. The predicted octanol–water partition coefficient (Wildman–Crippen LogP) is 4.74. The number of hydrogen-bond acceptors (Lipinski definition) is 3. The van der Waals surface area contributed by atoms with E-state index in [0.29, 0.717) is 11.6 Å². The van der Waals surface area contributed by atoms with E-state index in [-0.39, 0.29) is 23.5 Å². The first-order chi connectivity index (χ1) is 14.6. The van der Waals surface area contributed by atoms with Crippen LogP contribution in [0.3, 0.4) is 0 Å². The fraction of sp³-hybridized carbons (Fsp3) is 0.136. The average Bonchev–Trinajstić information content (AvgIpc) is 2.75. The van der Waals surface area contributed by atoms with Gasteiger partial charge in [0.05, 0.1) is 10.9 Å². The van der Waals surface area contributed by atoms with Crippen molar-refractivity contribution >= 4 is 21.6 Å². The van der Waals surface area contributed by atoms with Crippen molar-refractivity contribution in [1.82, 2.24) is 4.90 Å². The Morgan fingerprint density at radius 3 is 2.10 bits per heavy atom. The molecule has 162 valence electrons. The zero-order valence-electron chi connectivity index (χ0n) is 16.6. The molecule has 1 N–H and O–H groups in total. The SMILES string of the molecule is CC(c1ccc(F)cc1)N(C)C(=O)c1ccc(NS(=O)(=O)c2ccc(F)c(F)c2)cc1. The quantitative estimate of drug-likeness (QED) is 0.593. The molecule has 1 atom stereocenters. The molecule has 0 heterocycles. The van der Waals surface area contributed by atoms with Gasteiger partial charge in [-0.2, -0.15) is 0 Å². The van der Waals surface area contributed by atoms with Crippen LogP contribution in [0.15, 0.2) is 71.6 Å². The average molecular weight is 448 g/mol. The first-order valence-electron chi connectivity index (χ1n) is 9.19. The topological polar surface area (TPSA) is 66.5 Å². The summed E-state index contributed by atoms with van der Waals surface area (Å²) in [5.74, 6) is -3.11. The molecule has 0 aliphatic heterocycles. The van der Waals surface area contributed by atoms with Crippen molar-refractivity contribution in [1.29, 1.82) is 0 Å². The molecule has 9 heteroatoms. The minimum absolute atomic E-state index is 0.149. The molecule has 0 aromatic heterocycles. The highest BCUT2D eigenvalue weighted by molar-refractivity contribution is 7.92. The summed E-state index contributed by atoms with van der Waals surface area (Å²) in [7, 11) is -2.53. The van der Waals surface area contributed by atoms with Crippen molar-refractivity contribution < 1.29 is 26.4 Å². The molecule has 0 saturated heterocycles. The number of anilines is 1. The van der Waals surface area contributed by atoms with E-state index < -0.39 is 26.6 Å². The molecular formula is C22H19F3N2O3S. The second kappa shape index (κ2) is 8.81. The molecule has 0 saturated carbocycles. The summed E-state index contributed by atoms with van der Waals surface area (Å²) < 4.78 is 66.5. The Labute approximate surface area is 178 Å². The van der Waals surface area contributed by atoms with E-state index in [2.05, 4.69) is 4.72 Å². The first kappa shape index (κ1) is 22.4. The number of hydrogen-bond donors (Lipinski definition) is 1. The predicted molar refractivity (Wildman–Crippen MR) is 111 cm³/mol. The van der Waals surface area contributed by atoms with Gasteiger partial charge >= 0.3 is 0 Å².